The zero-order chi connectivity index (χ0) is 25.3. The first-order valence-corrected chi connectivity index (χ1v) is 13.0. The van der Waals surface area contributed by atoms with Crippen LogP contribution in [0.25, 0.3) is 0 Å². The lowest BCUT2D eigenvalue weighted by molar-refractivity contribution is -0.133. The molecule has 0 radical (unpaired) electrons. The lowest BCUT2D eigenvalue weighted by atomic mass is 9.93. The van der Waals surface area contributed by atoms with E-state index in [1.807, 2.05) is 24.3 Å². The minimum Gasteiger partial charge on any atom is -0.497 e. The maximum atomic E-state index is 13.8. The van der Waals surface area contributed by atoms with Crippen LogP contribution in [0.3, 0.4) is 0 Å². The highest BCUT2D eigenvalue weighted by Crippen LogP contribution is 2.39. The van der Waals surface area contributed by atoms with E-state index in [4.69, 9.17) is 4.74 Å². The predicted octanol–water partition coefficient (Wildman–Crippen LogP) is 3.04. The van der Waals surface area contributed by atoms with Gasteiger partial charge in [-0.15, -0.1) is 0 Å². The van der Waals surface area contributed by atoms with Crippen molar-refractivity contribution in [1.82, 2.24) is 25.1 Å². The molecular formula is C27H35N5O4. The Bertz CT molecular complexity index is 1130. The van der Waals surface area contributed by atoms with Crippen molar-refractivity contribution in [2.24, 2.45) is 0 Å². The monoisotopic (exact) mass is 493 g/mol. The van der Waals surface area contributed by atoms with Crippen molar-refractivity contribution in [3.63, 3.8) is 0 Å². The molecule has 2 heterocycles. The van der Waals surface area contributed by atoms with Gasteiger partial charge in [-0.2, -0.15) is 0 Å². The van der Waals surface area contributed by atoms with Crippen molar-refractivity contribution in [2.45, 2.75) is 89.0 Å². The van der Waals surface area contributed by atoms with Crippen LogP contribution in [0.1, 0.15) is 84.8 Å². The fourth-order valence-corrected chi connectivity index (χ4v) is 5.51. The third kappa shape index (κ3) is 4.70. The summed E-state index contributed by atoms with van der Waals surface area (Å²) in [7, 11) is 1.61. The number of benzene rings is 1. The molecule has 9 nitrogen and oxygen atoms in total. The number of rotatable bonds is 7. The number of amides is 3. The summed E-state index contributed by atoms with van der Waals surface area (Å²) in [6.45, 7) is 2.40. The largest absolute Gasteiger partial charge is 0.497 e. The lowest BCUT2D eigenvalue weighted by Gasteiger charge is -2.44. The molecule has 9 heteroatoms. The van der Waals surface area contributed by atoms with Crippen LogP contribution in [0.4, 0.5) is 0 Å². The van der Waals surface area contributed by atoms with Crippen LogP contribution >= 0.6 is 0 Å². The summed E-state index contributed by atoms with van der Waals surface area (Å²) in [5.74, 6) is -0.0645. The average Bonchev–Trinajstić information content (AvgIpc) is 3.66. The average molecular weight is 494 g/mol. The highest BCUT2D eigenvalue weighted by molar-refractivity contribution is 6.07. The molecule has 1 aromatic carbocycles. The quantitative estimate of drug-likeness (QED) is 0.577. The standard InChI is InChI=1S/C27H35N5O4/c1-27(26(35)28-15-18-9-13-21(36-2)14-10-18)16-31-17-29-22(23(31)25(34)32(27)20-11-12-20)24(33)30-19-7-5-3-4-6-8-19/h9-10,13-14,17,19-20H,3-8,11-12,15-16H2,1-2H3,(H,28,35)(H,30,33)/t27-/m0/s1. The molecule has 2 fully saturated rings. The molecule has 3 amide bonds. The molecule has 0 saturated heterocycles. The minimum atomic E-state index is -1.08. The Labute approximate surface area is 211 Å². The first kappa shape index (κ1) is 24.3. The fraction of sp³-hybridized carbons (Fsp3) is 0.556. The van der Waals surface area contributed by atoms with Gasteiger partial charge in [-0.3, -0.25) is 14.4 Å². The number of imidazole rings is 1. The zero-order valence-corrected chi connectivity index (χ0v) is 21.1. The van der Waals surface area contributed by atoms with Gasteiger partial charge in [0.2, 0.25) is 5.91 Å². The maximum Gasteiger partial charge on any atom is 0.274 e. The Morgan fingerprint density at radius 2 is 1.78 bits per heavy atom. The highest BCUT2D eigenvalue weighted by atomic mass is 16.5. The van der Waals surface area contributed by atoms with Gasteiger partial charge in [0.15, 0.2) is 5.69 Å². The third-order valence-electron chi connectivity index (χ3n) is 7.69. The number of ether oxygens (including phenoxy) is 1. The normalized spacial score (nSPS) is 22.5. The molecule has 2 aromatic rings. The number of aromatic nitrogens is 2. The first-order chi connectivity index (χ1) is 17.4. The van der Waals surface area contributed by atoms with Gasteiger partial charge in [0, 0.05) is 18.6 Å². The molecule has 2 saturated carbocycles. The van der Waals surface area contributed by atoms with Gasteiger partial charge in [0.05, 0.1) is 20.0 Å². The van der Waals surface area contributed by atoms with Gasteiger partial charge in [-0.25, -0.2) is 4.98 Å². The number of hydrogen-bond donors (Lipinski definition) is 2. The molecule has 1 aliphatic heterocycles. The van der Waals surface area contributed by atoms with Crippen molar-refractivity contribution in [3.8, 4) is 5.75 Å². The number of carbonyl (C=O) groups is 3. The van der Waals surface area contributed by atoms with E-state index in [1.165, 1.54) is 19.2 Å². The van der Waals surface area contributed by atoms with Crippen LogP contribution in [-0.4, -0.2) is 56.9 Å². The van der Waals surface area contributed by atoms with Gasteiger partial charge in [0.1, 0.15) is 17.0 Å². The Morgan fingerprint density at radius 1 is 1.08 bits per heavy atom. The molecule has 192 valence electrons. The second-order valence-corrected chi connectivity index (χ2v) is 10.4. The highest BCUT2D eigenvalue weighted by Gasteiger charge is 2.53. The van der Waals surface area contributed by atoms with Crippen LogP contribution in [-0.2, 0) is 17.9 Å². The van der Waals surface area contributed by atoms with Crippen molar-refractivity contribution in [1.29, 1.82) is 0 Å². The van der Waals surface area contributed by atoms with Crippen LogP contribution < -0.4 is 15.4 Å². The summed E-state index contributed by atoms with van der Waals surface area (Å²) < 4.78 is 6.87. The molecule has 0 unspecified atom stereocenters. The number of fused-ring (bicyclic) bond motifs is 1. The second-order valence-electron chi connectivity index (χ2n) is 10.4. The summed E-state index contributed by atoms with van der Waals surface area (Å²) in [5, 5.41) is 6.12. The Balaban J connectivity index is 1.34. The van der Waals surface area contributed by atoms with E-state index in [9.17, 15) is 14.4 Å². The molecule has 0 bridgehead atoms. The molecule has 2 aliphatic carbocycles. The van der Waals surface area contributed by atoms with Gasteiger partial charge in [-0.1, -0.05) is 37.8 Å². The van der Waals surface area contributed by atoms with Crippen LogP contribution in [0, 0.1) is 0 Å². The summed E-state index contributed by atoms with van der Waals surface area (Å²) >= 11 is 0. The Morgan fingerprint density at radius 3 is 2.42 bits per heavy atom. The SMILES string of the molecule is COc1ccc(CNC(=O)[C@]2(C)Cn3cnc(C(=O)NC4CCCCCC4)c3C(=O)N2C2CC2)cc1. The van der Waals surface area contributed by atoms with Crippen LogP contribution in [0.15, 0.2) is 30.6 Å². The zero-order valence-electron chi connectivity index (χ0n) is 21.1. The first-order valence-electron chi connectivity index (χ1n) is 13.0. The molecule has 1 aromatic heterocycles. The summed E-state index contributed by atoms with van der Waals surface area (Å²) in [5.41, 5.74) is 0.311. The molecular weight excluding hydrogens is 458 g/mol. The van der Waals surface area contributed by atoms with Gasteiger partial charge in [0.25, 0.3) is 11.8 Å². The van der Waals surface area contributed by atoms with E-state index in [1.54, 1.807) is 23.5 Å². The number of nitrogens with one attached hydrogen (secondary N) is 2. The lowest BCUT2D eigenvalue weighted by Crippen LogP contribution is -2.64. The molecule has 1 atom stereocenters. The smallest absolute Gasteiger partial charge is 0.274 e. The van der Waals surface area contributed by atoms with E-state index in [2.05, 4.69) is 15.6 Å². The molecule has 3 aliphatic rings. The molecule has 36 heavy (non-hydrogen) atoms. The second kappa shape index (κ2) is 9.95. The Hall–Kier alpha value is -3.36. The third-order valence-corrected chi connectivity index (χ3v) is 7.69. The molecule has 5 rings (SSSR count). The van der Waals surface area contributed by atoms with Gasteiger partial charge in [-0.05, 0) is 50.3 Å². The van der Waals surface area contributed by atoms with Crippen molar-refractivity contribution >= 4 is 17.7 Å². The number of nitrogens with zero attached hydrogens (tertiary/aromatic N) is 3. The van der Waals surface area contributed by atoms with E-state index >= 15 is 0 Å². The topological polar surface area (TPSA) is 106 Å². The van der Waals surface area contributed by atoms with Crippen LogP contribution in [0.5, 0.6) is 5.75 Å². The number of methoxy groups -OCH3 is 1. The summed E-state index contributed by atoms with van der Waals surface area (Å²) in [4.78, 5) is 46.5. The van der Waals surface area contributed by atoms with E-state index in [-0.39, 0.29) is 47.7 Å². The predicted molar refractivity (Wildman–Crippen MR) is 134 cm³/mol. The van der Waals surface area contributed by atoms with E-state index in [0.29, 0.717) is 6.54 Å². The van der Waals surface area contributed by atoms with E-state index < -0.39 is 5.54 Å². The summed E-state index contributed by atoms with van der Waals surface area (Å²) in [6.07, 6.45) is 9.73. The fourth-order valence-electron chi connectivity index (χ4n) is 5.51. The van der Waals surface area contributed by atoms with E-state index in [0.717, 1.165) is 49.8 Å². The maximum absolute atomic E-state index is 13.8. The summed E-state index contributed by atoms with van der Waals surface area (Å²) in [6, 6.07) is 7.62. The van der Waals surface area contributed by atoms with Gasteiger partial charge < -0.3 is 24.8 Å². The molecule has 2 N–H and O–H groups in total. The van der Waals surface area contributed by atoms with Crippen LogP contribution in [0.2, 0.25) is 0 Å². The number of carbonyl (C=O) groups excluding carboxylic acids is 3. The van der Waals surface area contributed by atoms with Gasteiger partial charge >= 0.3 is 0 Å². The van der Waals surface area contributed by atoms with Crippen molar-refractivity contribution in [3.05, 3.63) is 47.5 Å². The Kier molecular flexibility index (Phi) is 6.73. The molecule has 0 spiro atoms. The minimum absolute atomic E-state index is 0.00402. The van der Waals surface area contributed by atoms with Crippen molar-refractivity contribution in [2.75, 3.05) is 7.11 Å². The number of hydrogen-bond acceptors (Lipinski definition) is 5. The van der Waals surface area contributed by atoms with Crippen molar-refractivity contribution < 1.29 is 19.1 Å².